The summed E-state index contributed by atoms with van der Waals surface area (Å²) in [5.41, 5.74) is 3.29. The molecule has 0 aromatic heterocycles. The van der Waals surface area contributed by atoms with Crippen molar-refractivity contribution in [2.75, 3.05) is 0 Å². The highest BCUT2D eigenvalue weighted by Gasteiger charge is 2.24. The van der Waals surface area contributed by atoms with Crippen molar-refractivity contribution in [3.63, 3.8) is 0 Å². The third-order valence-corrected chi connectivity index (χ3v) is 4.03. The number of fused-ring (bicyclic) bond motifs is 1. The van der Waals surface area contributed by atoms with E-state index in [2.05, 4.69) is 23.5 Å². The van der Waals surface area contributed by atoms with Gasteiger partial charge < -0.3 is 10.4 Å². The van der Waals surface area contributed by atoms with Gasteiger partial charge in [-0.15, -0.1) is 0 Å². The van der Waals surface area contributed by atoms with E-state index in [1.165, 1.54) is 17.2 Å². The van der Waals surface area contributed by atoms with Crippen LogP contribution in [0.4, 0.5) is 4.39 Å². The van der Waals surface area contributed by atoms with Crippen LogP contribution in [-0.2, 0) is 6.42 Å². The summed E-state index contributed by atoms with van der Waals surface area (Å²) in [4.78, 5) is 0. The summed E-state index contributed by atoms with van der Waals surface area (Å²) in [5, 5.41) is 12.8. The van der Waals surface area contributed by atoms with Crippen LogP contribution in [0.15, 0.2) is 42.5 Å². The maximum atomic E-state index is 13.9. The Hall–Kier alpha value is -1.87. The van der Waals surface area contributed by atoms with Gasteiger partial charge in [-0.05, 0) is 37.0 Å². The zero-order valence-electron chi connectivity index (χ0n) is 11.4. The van der Waals surface area contributed by atoms with Crippen LogP contribution in [0.25, 0.3) is 0 Å². The summed E-state index contributed by atoms with van der Waals surface area (Å²) < 4.78 is 13.9. The first-order valence-electron chi connectivity index (χ1n) is 6.97. The van der Waals surface area contributed by atoms with Crippen LogP contribution in [-0.4, -0.2) is 5.11 Å². The fourth-order valence-electron chi connectivity index (χ4n) is 2.99. The molecule has 0 spiro atoms. The standard InChI is InChI=1S/C17H18FNO/c1-11(14-8-7-13(20)10-16(14)18)19-17-9-6-12-4-2-3-5-15(12)17/h2-5,7-8,10-11,17,19-20H,6,9H2,1H3. The molecule has 0 bridgehead atoms. The van der Waals surface area contributed by atoms with Crippen LogP contribution in [0.3, 0.4) is 0 Å². The quantitative estimate of drug-likeness (QED) is 0.888. The predicted molar refractivity (Wildman–Crippen MR) is 77.1 cm³/mol. The second-order valence-corrected chi connectivity index (χ2v) is 5.38. The maximum absolute atomic E-state index is 13.9. The fourth-order valence-corrected chi connectivity index (χ4v) is 2.99. The predicted octanol–water partition coefficient (Wildman–Crippen LogP) is 3.87. The molecule has 2 unspecified atom stereocenters. The first kappa shape index (κ1) is 13.1. The molecule has 2 atom stereocenters. The maximum Gasteiger partial charge on any atom is 0.131 e. The average molecular weight is 271 g/mol. The highest BCUT2D eigenvalue weighted by molar-refractivity contribution is 5.35. The molecule has 2 nitrogen and oxygen atoms in total. The molecule has 0 saturated carbocycles. The third kappa shape index (κ3) is 2.41. The Kier molecular flexibility index (Phi) is 3.45. The van der Waals surface area contributed by atoms with Gasteiger partial charge in [0.15, 0.2) is 0 Å². The molecule has 104 valence electrons. The number of hydrogen-bond acceptors (Lipinski definition) is 2. The first-order chi connectivity index (χ1) is 9.65. The van der Waals surface area contributed by atoms with Crippen molar-refractivity contribution in [3.8, 4) is 5.75 Å². The normalized spacial score (nSPS) is 18.8. The number of aromatic hydroxyl groups is 1. The first-order valence-corrected chi connectivity index (χ1v) is 6.97. The van der Waals surface area contributed by atoms with Gasteiger partial charge in [-0.2, -0.15) is 0 Å². The van der Waals surface area contributed by atoms with Crippen molar-refractivity contribution in [3.05, 3.63) is 65.0 Å². The van der Waals surface area contributed by atoms with E-state index in [4.69, 9.17) is 0 Å². The topological polar surface area (TPSA) is 32.3 Å². The largest absolute Gasteiger partial charge is 0.508 e. The minimum Gasteiger partial charge on any atom is -0.508 e. The molecular weight excluding hydrogens is 253 g/mol. The lowest BCUT2D eigenvalue weighted by atomic mass is 10.0. The van der Waals surface area contributed by atoms with E-state index in [0.717, 1.165) is 18.9 Å². The van der Waals surface area contributed by atoms with Crippen LogP contribution in [0, 0.1) is 5.82 Å². The molecule has 0 aliphatic heterocycles. The zero-order valence-corrected chi connectivity index (χ0v) is 11.4. The SMILES string of the molecule is CC(NC1CCc2ccccc21)c1ccc(O)cc1F. The average Bonchev–Trinajstić information content (AvgIpc) is 2.82. The van der Waals surface area contributed by atoms with E-state index in [1.807, 2.05) is 13.0 Å². The Labute approximate surface area is 118 Å². The summed E-state index contributed by atoms with van der Waals surface area (Å²) in [5.74, 6) is -0.402. The van der Waals surface area contributed by atoms with E-state index < -0.39 is 0 Å². The molecule has 20 heavy (non-hydrogen) atoms. The summed E-state index contributed by atoms with van der Waals surface area (Å²) in [6.45, 7) is 1.95. The van der Waals surface area contributed by atoms with Gasteiger partial charge in [-0.1, -0.05) is 30.3 Å². The molecule has 2 aromatic carbocycles. The van der Waals surface area contributed by atoms with Crippen molar-refractivity contribution in [2.45, 2.75) is 31.8 Å². The zero-order chi connectivity index (χ0) is 14.1. The number of rotatable bonds is 3. The van der Waals surface area contributed by atoms with Gasteiger partial charge in [0.2, 0.25) is 0 Å². The van der Waals surface area contributed by atoms with E-state index in [9.17, 15) is 9.50 Å². The van der Waals surface area contributed by atoms with Crippen molar-refractivity contribution in [1.29, 1.82) is 0 Å². The fraction of sp³-hybridized carbons (Fsp3) is 0.294. The van der Waals surface area contributed by atoms with Crippen LogP contribution in [0.2, 0.25) is 0 Å². The van der Waals surface area contributed by atoms with Gasteiger partial charge in [-0.25, -0.2) is 4.39 Å². The number of nitrogens with one attached hydrogen (secondary N) is 1. The number of halogens is 1. The third-order valence-electron chi connectivity index (χ3n) is 4.03. The number of hydrogen-bond donors (Lipinski definition) is 2. The van der Waals surface area contributed by atoms with Gasteiger partial charge >= 0.3 is 0 Å². The van der Waals surface area contributed by atoms with Crippen LogP contribution in [0.1, 0.15) is 42.1 Å². The Balaban J connectivity index is 1.79. The van der Waals surface area contributed by atoms with Gasteiger partial charge in [0.05, 0.1) is 0 Å². The molecule has 0 saturated heterocycles. The minimum absolute atomic E-state index is 0.0373. The monoisotopic (exact) mass is 271 g/mol. The van der Waals surface area contributed by atoms with E-state index >= 15 is 0 Å². The van der Waals surface area contributed by atoms with Gasteiger partial charge in [0.25, 0.3) is 0 Å². The van der Waals surface area contributed by atoms with Crippen LogP contribution in [0.5, 0.6) is 5.75 Å². The molecule has 0 heterocycles. The Morgan fingerprint density at radius 1 is 1.25 bits per heavy atom. The summed E-state index contributed by atoms with van der Waals surface area (Å²) in [7, 11) is 0. The van der Waals surface area contributed by atoms with Gasteiger partial charge in [0, 0.05) is 23.7 Å². The summed E-state index contributed by atoms with van der Waals surface area (Å²) >= 11 is 0. The molecule has 0 radical (unpaired) electrons. The van der Waals surface area contributed by atoms with E-state index in [0.29, 0.717) is 5.56 Å². The summed E-state index contributed by atoms with van der Waals surface area (Å²) in [6.07, 6.45) is 2.11. The lowest BCUT2D eigenvalue weighted by Gasteiger charge is -2.21. The molecule has 3 rings (SSSR count). The van der Waals surface area contributed by atoms with Gasteiger partial charge in [0.1, 0.15) is 11.6 Å². The van der Waals surface area contributed by atoms with Crippen molar-refractivity contribution in [1.82, 2.24) is 5.32 Å². The Bertz CT molecular complexity index is 626. The smallest absolute Gasteiger partial charge is 0.131 e. The summed E-state index contributed by atoms with van der Waals surface area (Å²) in [6, 6.07) is 12.9. The molecule has 0 fully saturated rings. The number of benzene rings is 2. The van der Waals surface area contributed by atoms with Crippen molar-refractivity contribution >= 4 is 0 Å². The molecule has 0 amide bonds. The Morgan fingerprint density at radius 2 is 2.05 bits per heavy atom. The molecular formula is C17H18FNO. The van der Waals surface area contributed by atoms with Crippen molar-refractivity contribution in [2.24, 2.45) is 0 Å². The van der Waals surface area contributed by atoms with Crippen LogP contribution >= 0.6 is 0 Å². The number of phenolic OH excluding ortho intramolecular Hbond substituents is 1. The highest BCUT2D eigenvalue weighted by atomic mass is 19.1. The lowest BCUT2D eigenvalue weighted by Crippen LogP contribution is -2.23. The molecule has 2 aromatic rings. The second kappa shape index (κ2) is 5.25. The number of phenols is 1. The van der Waals surface area contributed by atoms with Crippen molar-refractivity contribution < 1.29 is 9.50 Å². The minimum atomic E-state index is -0.365. The Morgan fingerprint density at radius 3 is 2.85 bits per heavy atom. The number of aryl methyl sites for hydroxylation is 1. The molecule has 3 heteroatoms. The van der Waals surface area contributed by atoms with E-state index in [-0.39, 0.29) is 23.7 Å². The van der Waals surface area contributed by atoms with Crippen LogP contribution < -0.4 is 5.32 Å². The van der Waals surface area contributed by atoms with E-state index in [1.54, 1.807) is 6.07 Å². The lowest BCUT2D eigenvalue weighted by molar-refractivity contribution is 0.442. The molecule has 1 aliphatic carbocycles. The molecule has 2 N–H and O–H groups in total. The highest BCUT2D eigenvalue weighted by Crippen LogP contribution is 2.33. The second-order valence-electron chi connectivity index (χ2n) is 5.38. The van der Waals surface area contributed by atoms with Gasteiger partial charge in [-0.3, -0.25) is 0 Å². The molecule has 1 aliphatic rings.